The molecule has 2 unspecified atom stereocenters. The molecule has 1 saturated carbocycles. The molecule has 0 aliphatic heterocycles. The third kappa shape index (κ3) is 2.87. The van der Waals surface area contributed by atoms with Crippen LogP contribution < -0.4 is 5.32 Å². The van der Waals surface area contributed by atoms with Crippen LogP contribution in [-0.4, -0.2) is 20.9 Å². The number of nitro groups is 1. The van der Waals surface area contributed by atoms with E-state index in [4.69, 9.17) is 11.6 Å². The Balaban J connectivity index is 2.21. The van der Waals surface area contributed by atoms with Gasteiger partial charge in [-0.25, -0.2) is 4.98 Å². The van der Waals surface area contributed by atoms with Gasteiger partial charge in [0.1, 0.15) is 6.20 Å². The third-order valence-corrected chi connectivity index (χ3v) is 3.55. The summed E-state index contributed by atoms with van der Waals surface area (Å²) in [5.41, 5.74) is -0.128. The van der Waals surface area contributed by atoms with E-state index >= 15 is 0 Å². The predicted molar refractivity (Wildman–Crippen MR) is 68.7 cm³/mol. The highest BCUT2D eigenvalue weighted by Gasteiger charge is 2.25. The second-order valence-corrected chi connectivity index (χ2v) is 4.98. The number of nitrogens with one attached hydrogen (secondary N) is 1. The van der Waals surface area contributed by atoms with E-state index in [-0.39, 0.29) is 22.8 Å². The van der Waals surface area contributed by atoms with Gasteiger partial charge in [-0.1, -0.05) is 19.8 Å². The smallest absolute Gasteiger partial charge is 0.329 e. The minimum Gasteiger partial charge on any atom is -0.361 e. The van der Waals surface area contributed by atoms with E-state index in [1.165, 1.54) is 6.42 Å². The summed E-state index contributed by atoms with van der Waals surface area (Å²) in [5.74, 6) is 0.700. The molecule has 0 aromatic carbocycles. The van der Waals surface area contributed by atoms with E-state index in [2.05, 4.69) is 22.2 Å². The molecule has 1 fully saturated rings. The van der Waals surface area contributed by atoms with Crippen molar-refractivity contribution in [1.82, 2.24) is 9.97 Å². The van der Waals surface area contributed by atoms with Crippen molar-refractivity contribution in [1.29, 1.82) is 0 Å². The maximum atomic E-state index is 10.9. The lowest BCUT2D eigenvalue weighted by Gasteiger charge is -2.29. The van der Waals surface area contributed by atoms with Crippen LogP contribution >= 0.6 is 11.6 Å². The molecule has 0 bridgehead atoms. The summed E-state index contributed by atoms with van der Waals surface area (Å²) < 4.78 is 0. The van der Waals surface area contributed by atoms with Gasteiger partial charge >= 0.3 is 5.69 Å². The van der Waals surface area contributed by atoms with Gasteiger partial charge in [-0.2, -0.15) is 4.98 Å². The van der Waals surface area contributed by atoms with Crippen molar-refractivity contribution < 1.29 is 4.92 Å². The first kappa shape index (κ1) is 13.0. The van der Waals surface area contributed by atoms with Crippen LogP contribution in [0.3, 0.4) is 0 Å². The van der Waals surface area contributed by atoms with Crippen LogP contribution in [0.4, 0.5) is 11.5 Å². The normalized spacial score (nSPS) is 23.7. The van der Waals surface area contributed by atoms with Gasteiger partial charge in [0.25, 0.3) is 0 Å². The van der Waals surface area contributed by atoms with E-state index in [0.717, 1.165) is 25.5 Å². The van der Waals surface area contributed by atoms with Gasteiger partial charge in [0.05, 0.1) is 4.92 Å². The van der Waals surface area contributed by atoms with E-state index in [1.54, 1.807) is 0 Å². The molecule has 18 heavy (non-hydrogen) atoms. The highest BCUT2D eigenvalue weighted by molar-refractivity contribution is 6.28. The molecule has 0 radical (unpaired) electrons. The van der Waals surface area contributed by atoms with Gasteiger partial charge in [-0.05, 0) is 30.4 Å². The summed E-state index contributed by atoms with van der Waals surface area (Å²) in [5, 5.41) is 14.1. The maximum absolute atomic E-state index is 10.9. The standard InChI is InChI=1S/C11H15ClN4O2/c1-7-4-2-3-5-8(7)14-10-9(16(17)18)6-13-11(12)15-10/h6-8H,2-5H2,1H3,(H,13,14,15). The van der Waals surface area contributed by atoms with Crippen molar-refractivity contribution in [2.45, 2.75) is 38.6 Å². The highest BCUT2D eigenvalue weighted by Crippen LogP contribution is 2.29. The molecule has 2 atom stereocenters. The summed E-state index contributed by atoms with van der Waals surface area (Å²) in [4.78, 5) is 18.0. The molecule has 1 N–H and O–H groups in total. The Hall–Kier alpha value is -1.43. The Morgan fingerprint density at radius 1 is 1.50 bits per heavy atom. The molecule has 1 aliphatic carbocycles. The lowest BCUT2D eigenvalue weighted by atomic mass is 9.86. The zero-order valence-corrected chi connectivity index (χ0v) is 10.9. The third-order valence-electron chi connectivity index (χ3n) is 3.37. The average molecular weight is 271 g/mol. The van der Waals surface area contributed by atoms with Crippen LogP contribution in [-0.2, 0) is 0 Å². The second-order valence-electron chi connectivity index (χ2n) is 4.64. The molecular weight excluding hydrogens is 256 g/mol. The molecule has 6 nitrogen and oxygen atoms in total. The fraction of sp³-hybridized carbons (Fsp3) is 0.636. The zero-order chi connectivity index (χ0) is 13.1. The zero-order valence-electron chi connectivity index (χ0n) is 10.1. The molecule has 1 aliphatic rings. The summed E-state index contributed by atoms with van der Waals surface area (Å²) in [7, 11) is 0. The lowest BCUT2D eigenvalue weighted by molar-refractivity contribution is -0.384. The minimum atomic E-state index is -0.494. The molecule has 0 spiro atoms. The molecule has 1 aromatic rings. The number of halogens is 1. The van der Waals surface area contributed by atoms with Crippen molar-refractivity contribution in [3.8, 4) is 0 Å². The molecule has 0 saturated heterocycles. The molecular formula is C11H15ClN4O2. The number of aromatic nitrogens is 2. The van der Waals surface area contributed by atoms with Gasteiger partial charge in [0.15, 0.2) is 0 Å². The second kappa shape index (κ2) is 5.48. The first-order valence-corrected chi connectivity index (χ1v) is 6.39. The van der Waals surface area contributed by atoms with Crippen LogP contribution in [0, 0.1) is 16.0 Å². The number of hydrogen-bond acceptors (Lipinski definition) is 5. The van der Waals surface area contributed by atoms with E-state index in [9.17, 15) is 10.1 Å². The monoisotopic (exact) mass is 270 g/mol. The average Bonchev–Trinajstić information content (AvgIpc) is 2.32. The number of hydrogen-bond donors (Lipinski definition) is 1. The van der Waals surface area contributed by atoms with Gasteiger partial charge in [-0.3, -0.25) is 10.1 Å². The molecule has 1 heterocycles. The van der Waals surface area contributed by atoms with Gasteiger partial charge in [-0.15, -0.1) is 0 Å². The first-order valence-electron chi connectivity index (χ1n) is 6.01. The molecule has 7 heteroatoms. The van der Waals surface area contributed by atoms with E-state index in [0.29, 0.717) is 5.92 Å². The first-order chi connectivity index (χ1) is 8.58. The Morgan fingerprint density at radius 3 is 2.89 bits per heavy atom. The van der Waals surface area contributed by atoms with E-state index in [1.807, 2.05) is 0 Å². The molecule has 98 valence electrons. The Bertz CT molecular complexity index is 455. The van der Waals surface area contributed by atoms with Crippen molar-refractivity contribution in [3.05, 3.63) is 21.6 Å². The molecule has 0 amide bonds. The molecule has 1 aromatic heterocycles. The fourth-order valence-electron chi connectivity index (χ4n) is 2.30. The number of nitrogens with zero attached hydrogens (tertiary/aromatic N) is 3. The summed E-state index contributed by atoms with van der Waals surface area (Å²) in [6.45, 7) is 2.14. The quantitative estimate of drug-likeness (QED) is 0.519. The number of rotatable bonds is 3. The van der Waals surface area contributed by atoms with Crippen molar-refractivity contribution in [2.24, 2.45) is 5.92 Å². The van der Waals surface area contributed by atoms with Crippen LogP contribution in [0.25, 0.3) is 0 Å². The Labute approximate surface area is 110 Å². The topological polar surface area (TPSA) is 81.0 Å². The summed E-state index contributed by atoms with van der Waals surface area (Å²) >= 11 is 5.69. The number of anilines is 1. The van der Waals surface area contributed by atoms with E-state index < -0.39 is 4.92 Å². The van der Waals surface area contributed by atoms with Crippen LogP contribution in [0.1, 0.15) is 32.6 Å². The lowest BCUT2D eigenvalue weighted by Crippen LogP contribution is -2.31. The van der Waals surface area contributed by atoms with Crippen molar-refractivity contribution >= 4 is 23.1 Å². The summed E-state index contributed by atoms with van der Waals surface area (Å²) in [6.07, 6.45) is 5.62. The summed E-state index contributed by atoms with van der Waals surface area (Å²) in [6, 6.07) is 0.211. The Morgan fingerprint density at radius 2 is 2.22 bits per heavy atom. The van der Waals surface area contributed by atoms with Crippen molar-refractivity contribution in [3.63, 3.8) is 0 Å². The van der Waals surface area contributed by atoms with Gasteiger partial charge in [0.2, 0.25) is 11.1 Å². The fourth-order valence-corrected chi connectivity index (χ4v) is 2.43. The maximum Gasteiger partial charge on any atom is 0.329 e. The van der Waals surface area contributed by atoms with Crippen LogP contribution in [0.15, 0.2) is 6.20 Å². The van der Waals surface area contributed by atoms with Gasteiger partial charge in [0, 0.05) is 6.04 Å². The predicted octanol–water partition coefficient (Wildman–Crippen LogP) is 3.03. The van der Waals surface area contributed by atoms with Crippen LogP contribution in [0.2, 0.25) is 5.28 Å². The largest absolute Gasteiger partial charge is 0.361 e. The Kier molecular flexibility index (Phi) is 3.96. The highest BCUT2D eigenvalue weighted by atomic mass is 35.5. The SMILES string of the molecule is CC1CCCCC1Nc1nc(Cl)ncc1[N+](=O)[O-]. The minimum absolute atomic E-state index is 0.0200. The van der Waals surface area contributed by atoms with Crippen molar-refractivity contribution in [2.75, 3.05) is 5.32 Å². The van der Waals surface area contributed by atoms with Crippen LogP contribution in [0.5, 0.6) is 0 Å². The van der Waals surface area contributed by atoms with Gasteiger partial charge < -0.3 is 5.32 Å². The molecule has 2 rings (SSSR count).